The molecule has 2 fully saturated rings. The Hall–Kier alpha value is 0.220. The maximum absolute atomic E-state index is 11.8. The van der Waals surface area contributed by atoms with Crippen molar-refractivity contribution in [3.63, 3.8) is 0 Å². The lowest BCUT2D eigenvalue weighted by Crippen LogP contribution is -2.49. The van der Waals surface area contributed by atoms with Crippen molar-refractivity contribution in [3.05, 3.63) is 0 Å². The average molecular weight is 306 g/mol. The molecule has 1 saturated heterocycles. The zero-order valence-electron chi connectivity index (χ0n) is 11.8. The summed E-state index contributed by atoms with van der Waals surface area (Å²) in [7, 11) is -2.95. The smallest absolute Gasteiger partial charge is 0.164 e. The van der Waals surface area contributed by atoms with E-state index in [4.69, 9.17) is 0 Å². The molecule has 1 saturated carbocycles. The molecule has 0 bridgehead atoms. The van der Waals surface area contributed by atoms with Gasteiger partial charge in [0.15, 0.2) is 9.84 Å². The van der Waals surface area contributed by atoms with Gasteiger partial charge in [-0.25, -0.2) is 8.42 Å². The van der Waals surface area contributed by atoms with Crippen LogP contribution in [0.25, 0.3) is 0 Å². The van der Waals surface area contributed by atoms with Gasteiger partial charge in [-0.05, 0) is 25.3 Å². The van der Waals surface area contributed by atoms with Gasteiger partial charge in [-0.1, -0.05) is 12.8 Å². The SMILES string of the molecule is CS(=O)(=O)C1CSCCN1CCNCC1CCCC1. The molecule has 4 nitrogen and oxygen atoms in total. The molecule has 1 unspecified atom stereocenters. The molecule has 1 N–H and O–H groups in total. The Bertz CT molecular complexity index is 367. The zero-order chi connectivity index (χ0) is 13.7. The first-order valence-electron chi connectivity index (χ1n) is 7.29. The van der Waals surface area contributed by atoms with Gasteiger partial charge in [-0.3, -0.25) is 4.90 Å². The van der Waals surface area contributed by atoms with Crippen molar-refractivity contribution in [1.29, 1.82) is 0 Å². The van der Waals surface area contributed by atoms with E-state index in [2.05, 4.69) is 10.2 Å². The number of rotatable bonds is 6. The van der Waals surface area contributed by atoms with Crippen LogP contribution in [0, 0.1) is 5.92 Å². The van der Waals surface area contributed by atoms with Gasteiger partial charge < -0.3 is 5.32 Å². The van der Waals surface area contributed by atoms with Crippen LogP contribution in [0.1, 0.15) is 25.7 Å². The van der Waals surface area contributed by atoms with Crippen molar-refractivity contribution >= 4 is 21.6 Å². The number of hydrogen-bond acceptors (Lipinski definition) is 5. The Kier molecular flexibility index (Phi) is 5.99. The molecule has 2 aliphatic rings. The Morgan fingerprint density at radius 3 is 2.74 bits per heavy atom. The van der Waals surface area contributed by atoms with Crippen LogP contribution in [0.4, 0.5) is 0 Å². The highest BCUT2D eigenvalue weighted by atomic mass is 32.2. The van der Waals surface area contributed by atoms with Crippen LogP contribution in [-0.2, 0) is 9.84 Å². The maximum atomic E-state index is 11.8. The minimum atomic E-state index is -2.95. The third-order valence-electron chi connectivity index (χ3n) is 4.17. The lowest BCUT2D eigenvalue weighted by molar-refractivity contribution is 0.268. The second-order valence-electron chi connectivity index (χ2n) is 5.75. The molecule has 0 aromatic heterocycles. The molecule has 0 aromatic rings. The quantitative estimate of drug-likeness (QED) is 0.747. The van der Waals surface area contributed by atoms with E-state index in [0.717, 1.165) is 43.6 Å². The summed E-state index contributed by atoms with van der Waals surface area (Å²) in [5, 5.41) is 3.23. The third-order valence-corrected chi connectivity index (χ3v) is 6.86. The molecule has 1 aliphatic carbocycles. The van der Waals surface area contributed by atoms with E-state index in [-0.39, 0.29) is 5.37 Å². The summed E-state index contributed by atoms with van der Waals surface area (Å²) in [4.78, 5) is 2.13. The van der Waals surface area contributed by atoms with Crippen molar-refractivity contribution in [2.45, 2.75) is 31.1 Å². The average Bonchev–Trinajstić information content (AvgIpc) is 2.87. The van der Waals surface area contributed by atoms with Crippen molar-refractivity contribution in [2.75, 3.05) is 43.9 Å². The fraction of sp³-hybridized carbons (Fsp3) is 1.00. The molecule has 1 atom stereocenters. The molecule has 1 heterocycles. The summed E-state index contributed by atoms with van der Waals surface area (Å²) in [5.41, 5.74) is 0. The van der Waals surface area contributed by atoms with Crippen LogP contribution in [0.15, 0.2) is 0 Å². The van der Waals surface area contributed by atoms with Crippen LogP contribution in [0.5, 0.6) is 0 Å². The van der Waals surface area contributed by atoms with Gasteiger partial charge in [-0.2, -0.15) is 11.8 Å². The molecule has 0 spiro atoms. The number of nitrogens with zero attached hydrogens (tertiary/aromatic N) is 1. The van der Waals surface area contributed by atoms with Crippen molar-refractivity contribution in [2.24, 2.45) is 5.92 Å². The second-order valence-corrected chi connectivity index (χ2v) is 9.10. The molecule has 2 rings (SSSR count). The number of hydrogen-bond donors (Lipinski definition) is 1. The predicted molar refractivity (Wildman–Crippen MR) is 82.4 cm³/mol. The van der Waals surface area contributed by atoms with Gasteiger partial charge in [0.2, 0.25) is 0 Å². The Morgan fingerprint density at radius 2 is 2.05 bits per heavy atom. The lowest BCUT2D eigenvalue weighted by Gasteiger charge is -2.34. The Balaban J connectivity index is 1.70. The molecule has 6 heteroatoms. The predicted octanol–water partition coefficient (Wildman–Crippen LogP) is 1.19. The summed E-state index contributed by atoms with van der Waals surface area (Å²) in [6.07, 6.45) is 6.85. The minimum Gasteiger partial charge on any atom is -0.315 e. The normalized spacial score (nSPS) is 26.9. The van der Waals surface area contributed by atoms with E-state index in [1.807, 2.05) is 0 Å². The highest BCUT2D eigenvalue weighted by Gasteiger charge is 2.30. The molecule has 0 amide bonds. The van der Waals surface area contributed by atoms with E-state index < -0.39 is 9.84 Å². The molecule has 0 aromatic carbocycles. The van der Waals surface area contributed by atoms with Gasteiger partial charge in [-0.15, -0.1) is 0 Å². The molecular weight excluding hydrogens is 280 g/mol. The number of sulfone groups is 1. The standard InChI is InChI=1S/C13H26N2O2S2/c1-19(16,17)13-11-18-9-8-15(13)7-6-14-10-12-4-2-3-5-12/h12-14H,2-11H2,1H3. The molecule has 0 radical (unpaired) electrons. The molecule has 1 aliphatic heterocycles. The minimum absolute atomic E-state index is 0.278. The summed E-state index contributed by atoms with van der Waals surface area (Å²) in [6.45, 7) is 3.76. The van der Waals surface area contributed by atoms with Gasteiger partial charge in [0.1, 0.15) is 5.37 Å². The number of thioether (sulfide) groups is 1. The summed E-state index contributed by atoms with van der Waals surface area (Å²) >= 11 is 1.75. The van der Waals surface area contributed by atoms with Crippen LogP contribution >= 0.6 is 11.8 Å². The van der Waals surface area contributed by atoms with Gasteiger partial charge in [0.05, 0.1) is 0 Å². The van der Waals surface area contributed by atoms with Crippen molar-refractivity contribution in [1.82, 2.24) is 10.2 Å². The van der Waals surface area contributed by atoms with Gasteiger partial charge in [0, 0.05) is 37.4 Å². The highest BCUT2D eigenvalue weighted by molar-refractivity contribution is 8.00. The van der Waals surface area contributed by atoms with Crippen LogP contribution in [-0.4, -0.2) is 62.6 Å². The molecule has 112 valence electrons. The lowest BCUT2D eigenvalue weighted by atomic mass is 10.1. The molecule has 19 heavy (non-hydrogen) atoms. The zero-order valence-corrected chi connectivity index (χ0v) is 13.4. The van der Waals surface area contributed by atoms with Crippen LogP contribution in [0.2, 0.25) is 0 Å². The summed E-state index contributed by atoms with van der Waals surface area (Å²) in [5.74, 6) is 2.62. The largest absolute Gasteiger partial charge is 0.315 e. The van der Waals surface area contributed by atoms with Crippen molar-refractivity contribution in [3.8, 4) is 0 Å². The van der Waals surface area contributed by atoms with Gasteiger partial charge in [0.25, 0.3) is 0 Å². The fourth-order valence-electron chi connectivity index (χ4n) is 3.01. The maximum Gasteiger partial charge on any atom is 0.164 e. The van der Waals surface area contributed by atoms with E-state index in [1.54, 1.807) is 11.8 Å². The summed E-state index contributed by atoms with van der Waals surface area (Å²) in [6, 6.07) is 0. The Morgan fingerprint density at radius 1 is 1.32 bits per heavy atom. The van der Waals surface area contributed by atoms with Crippen LogP contribution in [0.3, 0.4) is 0 Å². The molecular formula is C13H26N2O2S2. The monoisotopic (exact) mass is 306 g/mol. The first kappa shape index (κ1) is 15.6. The topological polar surface area (TPSA) is 49.4 Å². The van der Waals surface area contributed by atoms with Crippen molar-refractivity contribution < 1.29 is 8.42 Å². The highest BCUT2D eigenvalue weighted by Crippen LogP contribution is 2.23. The second kappa shape index (κ2) is 7.29. The third kappa shape index (κ3) is 4.92. The first-order valence-corrected chi connectivity index (χ1v) is 10.4. The van der Waals surface area contributed by atoms with Crippen LogP contribution < -0.4 is 5.32 Å². The first-order chi connectivity index (χ1) is 9.07. The summed E-state index contributed by atoms with van der Waals surface area (Å²) < 4.78 is 23.5. The van der Waals surface area contributed by atoms with Gasteiger partial charge >= 0.3 is 0 Å². The number of nitrogens with one attached hydrogen (secondary N) is 1. The fourth-order valence-corrected chi connectivity index (χ4v) is 5.98. The Labute approximate surface area is 121 Å². The van der Waals surface area contributed by atoms with E-state index in [1.165, 1.54) is 31.9 Å². The van der Waals surface area contributed by atoms with E-state index in [0.29, 0.717) is 0 Å². The van der Waals surface area contributed by atoms with E-state index >= 15 is 0 Å². The van der Waals surface area contributed by atoms with E-state index in [9.17, 15) is 8.42 Å².